The van der Waals surface area contributed by atoms with Crippen LogP contribution in [0, 0.1) is 13.8 Å². The molecule has 19 heavy (non-hydrogen) atoms. The number of carbonyl (C=O) groups is 1. The number of carbonyl (C=O) groups excluding carboxylic acids is 1. The van der Waals surface area contributed by atoms with E-state index in [1.165, 1.54) is 0 Å². The van der Waals surface area contributed by atoms with Crippen molar-refractivity contribution in [1.82, 2.24) is 9.78 Å². The van der Waals surface area contributed by atoms with Crippen molar-refractivity contribution in [3.8, 4) is 0 Å². The topological polar surface area (TPSA) is 46.9 Å². The Balaban J connectivity index is 2.21. The predicted molar refractivity (Wildman–Crippen MR) is 76.5 cm³/mol. The smallest absolute Gasteiger partial charge is 0.276 e. The van der Waals surface area contributed by atoms with Crippen molar-refractivity contribution in [2.45, 2.75) is 33.7 Å². The second kappa shape index (κ2) is 5.26. The fraction of sp³-hybridized carbons (Fsp3) is 0.333. The standard InChI is InChI=1S/C15H19N3O/c1-10(2)18-12(4)9-14(17-18)15(19)16-13-8-6-5-7-11(13)3/h5-10H,1-4H3,(H,16,19). The Morgan fingerprint density at radius 1 is 1.26 bits per heavy atom. The minimum Gasteiger partial charge on any atom is -0.320 e. The zero-order valence-corrected chi connectivity index (χ0v) is 11.8. The molecule has 0 aliphatic rings. The molecule has 0 radical (unpaired) electrons. The summed E-state index contributed by atoms with van der Waals surface area (Å²) in [5.41, 5.74) is 3.31. The molecule has 2 aromatic rings. The number of benzene rings is 1. The molecule has 100 valence electrons. The lowest BCUT2D eigenvalue weighted by Crippen LogP contribution is -2.14. The minimum absolute atomic E-state index is 0.170. The van der Waals surface area contributed by atoms with Crippen LogP contribution in [-0.2, 0) is 0 Å². The number of amides is 1. The van der Waals surface area contributed by atoms with Gasteiger partial charge in [0.25, 0.3) is 5.91 Å². The molecule has 0 atom stereocenters. The fourth-order valence-corrected chi connectivity index (χ4v) is 2.02. The largest absolute Gasteiger partial charge is 0.320 e. The number of nitrogens with one attached hydrogen (secondary N) is 1. The van der Waals surface area contributed by atoms with Gasteiger partial charge in [-0.1, -0.05) is 18.2 Å². The van der Waals surface area contributed by atoms with E-state index in [0.717, 1.165) is 16.9 Å². The van der Waals surface area contributed by atoms with Gasteiger partial charge in [-0.05, 0) is 45.4 Å². The van der Waals surface area contributed by atoms with E-state index in [1.807, 2.05) is 62.7 Å². The van der Waals surface area contributed by atoms with E-state index in [0.29, 0.717) is 5.69 Å². The number of hydrogen-bond acceptors (Lipinski definition) is 2. The van der Waals surface area contributed by atoms with Gasteiger partial charge in [-0.3, -0.25) is 9.48 Å². The van der Waals surface area contributed by atoms with Gasteiger partial charge < -0.3 is 5.32 Å². The summed E-state index contributed by atoms with van der Waals surface area (Å²) in [6.45, 7) is 8.01. The first-order valence-electron chi connectivity index (χ1n) is 6.42. The van der Waals surface area contributed by atoms with E-state index in [9.17, 15) is 4.79 Å². The van der Waals surface area contributed by atoms with Gasteiger partial charge in [-0.25, -0.2) is 0 Å². The van der Waals surface area contributed by atoms with Crippen LogP contribution in [0.3, 0.4) is 0 Å². The first kappa shape index (κ1) is 13.3. The summed E-state index contributed by atoms with van der Waals surface area (Å²) in [6, 6.07) is 9.77. The molecule has 0 spiro atoms. The van der Waals surface area contributed by atoms with Gasteiger partial charge >= 0.3 is 0 Å². The second-order valence-corrected chi connectivity index (χ2v) is 4.98. The number of nitrogens with zero attached hydrogens (tertiary/aromatic N) is 2. The quantitative estimate of drug-likeness (QED) is 0.916. The van der Waals surface area contributed by atoms with Gasteiger partial charge in [-0.15, -0.1) is 0 Å². The molecule has 4 heteroatoms. The Bertz CT molecular complexity index is 599. The normalized spacial score (nSPS) is 10.8. The van der Waals surface area contributed by atoms with E-state index < -0.39 is 0 Å². The van der Waals surface area contributed by atoms with Crippen LogP contribution in [0.5, 0.6) is 0 Å². The Hall–Kier alpha value is -2.10. The lowest BCUT2D eigenvalue weighted by atomic mass is 10.2. The van der Waals surface area contributed by atoms with Crippen molar-refractivity contribution in [1.29, 1.82) is 0 Å². The summed E-state index contributed by atoms with van der Waals surface area (Å²) < 4.78 is 1.85. The average molecular weight is 257 g/mol. The van der Waals surface area contributed by atoms with Gasteiger partial charge in [0.05, 0.1) is 0 Å². The number of aryl methyl sites for hydroxylation is 2. The lowest BCUT2D eigenvalue weighted by molar-refractivity contribution is 0.102. The number of aromatic nitrogens is 2. The molecule has 1 heterocycles. The highest BCUT2D eigenvalue weighted by Gasteiger charge is 2.14. The monoisotopic (exact) mass is 257 g/mol. The van der Waals surface area contributed by atoms with Crippen molar-refractivity contribution >= 4 is 11.6 Å². The highest BCUT2D eigenvalue weighted by atomic mass is 16.1. The van der Waals surface area contributed by atoms with Crippen LogP contribution in [0.2, 0.25) is 0 Å². The predicted octanol–water partition coefficient (Wildman–Crippen LogP) is 3.33. The van der Waals surface area contributed by atoms with Crippen molar-refractivity contribution in [2.24, 2.45) is 0 Å². The molecule has 0 unspecified atom stereocenters. The molecule has 0 aliphatic carbocycles. The van der Waals surface area contributed by atoms with Crippen molar-refractivity contribution in [3.05, 3.63) is 47.3 Å². The molecule has 0 fully saturated rings. The van der Waals surface area contributed by atoms with Crippen LogP contribution < -0.4 is 5.32 Å². The number of para-hydroxylation sites is 1. The van der Waals surface area contributed by atoms with E-state index >= 15 is 0 Å². The molecule has 1 N–H and O–H groups in total. The number of hydrogen-bond donors (Lipinski definition) is 1. The molecule has 1 aromatic heterocycles. The maximum Gasteiger partial charge on any atom is 0.276 e. The summed E-state index contributed by atoms with van der Waals surface area (Å²) in [5, 5.41) is 7.23. The van der Waals surface area contributed by atoms with E-state index in [1.54, 1.807) is 0 Å². The van der Waals surface area contributed by atoms with Gasteiger partial charge in [0.2, 0.25) is 0 Å². The SMILES string of the molecule is Cc1ccccc1NC(=O)c1cc(C)n(C(C)C)n1. The molecule has 0 saturated carbocycles. The Morgan fingerprint density at radius 3 is 2.53 bits per heavy atom. The van der Waals surface area contributed by atoms with Gasteiger partial charge in [0, 0.05) is 17.4 Å². The fourth-order valence-electron chi connectivity index (χ4n) is 2.02. The van der Waals surface area contributed by atoms with E-state index in [-0.39, 0.29) is 11.9 Å². The molecule has 2 rings (SSSR count). The third kappa shape index (κ3) is 2.84. The minimum atomic E-state index is -0.170. The molecule has 4 nitrogen and oxygen atoms in total. The average Bonchev–Trinajstić information content (AvgIpc) is 2.74. The first-order valence-corrected chi connectivity index (χ1v) is 6.42. The third-order valence-corrected chi connectivity index (χ3v) is 3.04. The summed E-state index contributed by atoms with van der Waals surface area (Å²) in [7, 11) is 0. The van der Waals surface area contributed by atoms with Crippen LogP contribution in [-0.4, -0.2) is 15.7 Å². The van der Waals surface area contributed by atoms with E-state index in [4.69, 9.17) is 0 Å². The Labute approximate surface area is 113 Å². The summed E-state index contributed by atoms with van der Waals surface area (Å²) in [4.78, 5) is 12.2. The molecule has 1 aromatic carbocycles. The summed E-state index contributed by atoms with van der Waals surface area (Å²) >= 11 is 0. The van der Waals surface area contributed by atoms with E-state index in [2.05, 4.69) is 10.4 Å². The Kier molecular flexibility index (Phi) is 3.69. The first-order chi connectivity index (χ1) is 8.99. The number of rotatable bonds is 3. The van der Waals surface area contributed by atoms with Crippen LogP contribution in [0.1, 0.15) is 41.6 Å². The van der Waals surface area contributed by atoms with Crippen molar-refractivity contribution in [2.75, 3.05) is 5.32 Å². The molecule has 0 aliphatic heterocycles. The van der Waals surface area contributed by atoms with Crippen LogP contribution in [0.4, 0.5) is 5.69 Å². The Morgan fingerprint density at radius 2 is 1.95 bits per heavy atom. The molecule has 0 saturated heterocycles. The molecular weight excluding hydrogens is 238 g/mol. The van der Waals surface area contributed by atoms with Gasteiger partial charge in [0.15, 0.2) is 5.69 Å². The second-order valence-electron chi connectivity index (χ2n) is 4.98. The van der Waals surface area contributed by atoms with Gasteiger partial charge in [0.1, 0.15) is 0 Å². The zero-order valence-electron chi connectivity index (χ0n) is 11.8. The lowest BCUT2D eigenvalue weighted by Gasteiger charge is -2.07. The van der Waals surface area contributed by atoms with Crippen LogP contribution in [0.25, 0.3) is 0 Å². The van der Waals surface area contributed by atoms with Crippen LogP contribution in [0.15, 0.2) is 30.3 Å². The van der Waals surface area contributed by atoms with Gasteiger partial charge in [-0.2, -0.15) is 5.10 Å². The molecule has 0 bridgehead atoms. The molecular formula is C15H19N3O. The summed E-state index contributed by atoms with van der Waals surface area (Å²) in [6.07, 6.45) is 0. The maximum absolute atomic E-state index is 12.2. The molecule has 1 amide bonds. The maximum atomic E-state index is 12.2. The number of anilines is 1. The third-order valence-electron chi connectivity index (χ3n) is 3.04. The highest BCUT2D eigenvalue weighted by molar-refractivity contribution is 6.03. The van der Waals surface area contributed by atoms with Crippen molar-refractivity contribution in [3.63, 3.8) is 0 Å². The zero-order chi connectivity index (χ0) is 14.0. The van der Waals surface area contributed by atoms with Crippen molar-refractivity contribution < 1.29 is 4.79 Å². The van der Waals surface area contributed by atoms with Crippen LogP contribution >= 0.6 is 0 Å². The highest BCUT2D eigenvalue weighted by Crippen LogP contribution is 2.15. The summed E-state index contributed by atoms with van der Waals surface area (Å²) in [5.74, 6) is -0.170.